The van der Waals surface area contributed by atoms with Crippen LogP contribution in [0.1, 0.15) is 71.6 Å². The highest BCUT2D eigenvalue weighted by molar-refractivity contribution is 7.85. The number of para-hydroxylation sites is 3. The van der Waals surface area contributed by atoms with Crippen molar-refractivity contribution >= 4 is 28.0 Å². The van der Waals surface area contributed by atoms with E-state index in [1.54, 1.807) is 6.07 Å². The average Bonchev–Trinajstić information content (AvgIpc) is 3.27. The lowest BCUT2D eigenvalue weighted by Crippen LogP contribution is -2.52. The van der Waals surface area contributed by atoms with Gasteiger partial charge in [-0.2, -0.15) is 0 Å². The van der Waals surface area contributed by atoms with Crippen molar-refractivity contribution < 1.29 is 13.7 Å². The van der Waals surface area contributed by atoms with Gasteiger partial charge in [0.05, 0.1) is 26.0 Å². The van der Waals surface area contributed by atoms with E-state index in [0.29, 0.717) is 20.9 Å². The number of aryl methyl sites for hydroxylation is 1. The number of benzene rings is 8. The maximum Gasteiger partial charge on any atom is 0.195 e. The molecule has 0 saturated carbocycles. The number of hydrogen-bond donors (Lipinski definition) is 0. The zero-order valence-electron chi connectivity index (χ0n) is 31.6. The Morgan fingerprint density at radius 2 is 1.07 bits per heavy atom. The van der Waals surface area contributed by atoms with Crippen LogP contribution in [0.15, 0.2) is 192 Å². The van der Waals surface area contributed by atoms with E-state index in [4.69, 9.17) is 4.74 Å². The van der Waals surface area contributed by atoms with E-state index in [2.05, 4.69) is 133 Å². The molecule has 0 fully saturated rings. The summed E-state index contributed by atoms with van der Waals surface area (Å²) in [6, 6.07) is 63.6. The minimum absolute atomic E-state index is 0.112. The number of carbonyl (C=O) groups is 1. The average molecular weight is 766 g/mol. The summed E-state index contributed by atoms with van der Waals surface area (Å²) in [6.45, 7) is 2.16. The molecule has 1 aliphatic carbocycles. The van der Waals surface area contributed by atoms with Crippen molar-refractivity contribution in [3.8, 4) is 11.5 Å². The first-order valence-electron chi connectivity index (χ1n) is 19.8. The minimum atomic E-state index is -1.59. The molecule has 5 heteroatoms. The van der Waals surface area contributed by atoms with Gasteiger partial charge in [-0.3, -0.25) is 4.79 Å². The van der Waals surface area contributed by atoms with Crippen LogP contribution in [0.4, 0.5) is 11.4 Å². The standard InChI is InChI=1S/C53H35NO3S/c1-33-26-29-42-46(30-33)54(45-22-10-7-19-41(45)52(42)39-17-5-2-14-34(39)31-35-15-3-6-18-40(35)52)53(43-20-8-11-23-47(43)57-48-24-12-9-21-44(48)53)36-27-28-38-50(32-36)58(56)49-25-13-4-16-37(49)51(38)55/h2-30,32H,31H2,1H3. The number of hydrogen-bond acceptors (Lipinski definition) is 4. The lowest BCUT2D eigenvalue weighted by molar-refractivity contribution is 0.103. The SMILES string of the molecule is Cc1ccc2c(c1)N(C1(c3ccc4c(c3)S(=O)c3ccccc3C4=O)c3ccccc3Oc3ccccc31)c1ccccc1C21c2ccccc2Cc2ccccc21. The van der Waals surface area contributed by atoms with Gasteiger partial charge in [-0.05, 0) is 106 Å². The molecule has 0 radical (unpaired) electrons. The fraction of sp³-hybridized carbons (Fsp3) is 0.0755. The van der Waals surface area contributed by atoms with Gasteiger partial charge in [-0.15, -0.1) is 0 Å². The van der Waals surface area contributed by atoms with Crippen molar-refractivity contribution in [2.24, 2.45) is 0 Å². The quantitative estimate of drug-likeness (QED) is 0.176. The van der Waals surface area contributed by atoms with Crippen LogP contribution in [0.25, 0.3) is 0 Å². The van der Waals surface area contributed by atoms with Crippen molar-refractivity contribution in [3.63, 3.8) is 0 Å². The zero-order valence-corrected chi connectivity index (χ0v) is 32.4. The van der Waals surface area contributed by atoms with Gasteiger partial charge in [-0.1, -0.05) is 133 Å². The highest BCUT2D eigenvalue weighted by Crippen LogP contribution is 2.65. The normalized spacial score (nSPS) is 16.9. The number of fused-ring (bicyclic) bond motifs is 12. The summed E-state index contributed by atoms with van der Waals surface area (Å²) in [5, 5.41) is 0. The topological polar surface area (TPSA) is 46.6 Å². The number of rotatable bonds is 2. The molecule has 276 valence electrons. The third-order valence-corrected chi connectivity index (χ3v) is 14.3. The smallest absolute Gasteiger partial charge is 0.195 e. The van der Waals surface area contributed by atoms with E-state index in [1.807, 2.05) is 54.6 Å². The van der Waals surface area contributed by atoms with Crippen molar-refractivity contribution in [2.45, 2.75) is 34.1 Å². The van der Waals surface area contributed by atoms with E-state index < -0.39 is 21.8 Å². The number of carbonyl (C=O) groups excluding carboxylic acids is 1. The summed E-state index contributed by atoms with van der Waals surface area (Å²) in [4.78, 5) is 17.7. The molecule has 0 amide bonds. The van der Waals surface area contributed by atoms with Gasteiger partial charge in [0.25, 0.3) is 0 Å². The van der Waals surface area contributed by atoms with Crippen LogP contribution in [0.3, 0.4) is 0 Å². The van der Waals surface area contributed by atoms with Gasteiger partial charge < -0.3 is 9.64 Å². The third kappa shape index (κ3) is 4.18. The first-order chi connectivity index (χ1) is 28.5. The molecule has 1 spiro atoms. The molecule has 4 nitrogen and oxygen atoms in total. The summed E-state index contributed by atoms with van der Waals surface area (Å²) < 4.78 is 21.5. The monoisotopic (exact) mass is 765 g/mol. The highest BCUT2D eigenvalue weighted by atomic mass is 32.2. The molecular weight excluding hydrogens is 731 g/mol. The molecule has 0 aromatic heterocycles. The second-order valence-electron chi connectivity index (χ2n) is 15.7. The molecule has 8 aromatic carbocycles. The number of nitrogens with zero attached hydrogens (tertiary/aromatic N) is 1. The molecule has 0 N–H and O–H groups in total. The van der Waals surface area contributed by atoms with Crippen LogP contribution in [0, 0.1) is 6.92 Å². The Labute approximate surface area is 339 Å². The van der Waals surface area contributed by atoms with Crippen LogP contribution in [-0.4, -0.2) is 9.99 Å². The first kappa shape index (κ1) is 33.3. The first-order valence-corrected chi connectivity index (χ1v) is 20.9. The Morgan fingerprint density at radius 3 is 1.78 bits per heavy atom. The Hall–Kier alpha value is -6.82. The van der Waals surface area contributed by atoms with Gasteiger partial charge in [0, 0.05) is 33.6 Å². The molecule has 0 bridgehead atoms. The number of ether oxygens (including phenoxy) is 1. The Kier molecular flexibility index (Phi) is 6.95. The molecule has 3 aliphatic heterocycles. The van der Waals surface area contributed by atoms with Gasteiger partial charge in [0.15, 0.2) is 5.78 Å². The Morgan fingerprint density at radius 1 is 0.517 bits per heavy atom. The fourth-order valence-electron chi connectivity index (χ4n) is 10.6. The number of anilines is 2. The molecule has 12 rings (SSSR count). The van der Waals surface area contributed by atoms with Crippen molar-refractivity contribution in [2.75, 3.05) is 4.90 Å². The van der Waals surface area contributed by atoms with E-state index in [1.165, 1.54) is 33.4 Å². The minimum Gasteiger partial charge on any atom is -0.457 e. The van der Waals surface area contributed by atoms with Gasteiger partial charge in [0.1, 0.15) is 17.0 Å². The van der Waals surface area contributed by atoms with E-state index in [9.17, 15) is 9.00 Å². The van der Waals surface area contributed by atoms with E-state index in [-0.39, 0.29) is 5.78 Å². The lowest BCUT2D eigenvalue weighted by atomic mass is 9.57. The maximum atomic E-state index is 14.7. The second-order valence-corrected chi connectivity index (χ2v) is 17.1. The molecular formula is C53H35NO3S. The molecule has 1 unspecified atom stereocenters. The van der Waals surface area contributed by atoms with Crippen LogP contribution >= 0.6 is 0 Å². The molecule has 8 aromatic rings. The van der Waals surface area contributed by atoms with Crippen molar-refractivity contribution in [1.82, 2.24) is 0 Å². The number of ketones is 1. The largest absolute Gasteiger partial charge is 0.457 e. The van der Waals surface area contributed by atoms with E-state index >= 15 is 0 Å². The summed E-state index contributed by atoms with van der Waals surface area (Å²) in [5.41, 5.74) is 12.9. The third-order valence-electron chi connectivity index (χ3n) is 12.9. The predicted octanol–water partition coefficient (Wildman–Crippen LogP) is 11.5. The molecule has 3 heterocycles. The summed E-state index contributed by atoms with van der Waals surface area (Å²) in [5.74, 6) is 1.36. The zero-order chi connectivity index (χ0) is 38.8. The highest BCUT2D eigenvalue weighted by Gasteiger charge is 2.57. The summed E-state index contributed by atoms with van der Waals surface area (Å²) in [7, 11) is -1.59. The lowest BCUT2D eigenvalue weighted by Gasteiger charge is -2.56. The fourth-order valence-corrected chi connectivity index (χ4v) is 12.0. The van der Waals surface area contributed by atoms with Crippen LogP contribution in [0.2, 0.25) is 0 Å². The van der Waals surface area contributed by atoms with Crippen molar-refractivity contribution in [3.05, 3.63) is 249 Å². The van der Waals surface area contributed by atoms with Crippen molar-refractivity contribution in [1.29, 1.82) is 0 Å². The van der Waals surface area contributed by atoms with Gasteiger partial charge >= 0.3 is 0 Å². The Bertz CT molecular complexity index is 3020. The second kappa shape index (κ2) is 12.1. The van der Waals surface area contributed by atoms with Crippen LogP contribution in [-0.2, 0) is 28.2 Å². The Balaban J connectivity index is 1.25. The van der Waals surface area contributed by atoms with Gasteiger partial charge in [-0.25, -0.2) is 4.21 Å². The summed E-state index contributed by atoms with van der Waals surface area (Å²) in [6.07, 6.45) is 0.858. The predicted molar refractivity (Wildman–Crippen MR) is 228 cm³/mol. The molecule has 0 saturated heterocycles. The molecule has 58 heavy (non-hydrogen) atoms. The molecule has 4 aliphatic rings. The van der Waals surface area contributed by atoms with E-state index in [0.717, 1.165) is 51.5 Å². The molecule has 1 atom stereocenters. The summed E-state index contributed by atoms with van der Waals surface area (Å²) >= 11 is 0. The van der Waals surface area contributed by atoms with Crippen LogP contribution in [0.5, 0.6) is 11.5 Å². The van der Waals surface area contributed by atoms with Gasteiger partial charge in [0.2, 0.25) is 0 Å². The van der Waals surface area contributed by atoms with Crippen LogP contribution < -0.4 is 9.64 Å². The maximum absolute atomic E-state index is 14.7.